The van der Waals surface area contributed by atoms with Crippen molar-refractivity contribution in [2.45, 2.75) is 26.5 Å². The first-order valence-corrected chi connectivity index (χ1v) is 8.43. The fourth-order valence-corrected chi connectivity index (χ4v) is 3.40. The number of nitrogens with one attached hydrogen (secondary N) is 1. The van der Waals surface area contributed by atoms with Gasteiger partial charge in [0.25, 0.3) is 0 Å². The summed E-state index contributed by atoms with van der Waals surface area (Å²) in [7, 11) is 0. The molecule has 21 heavy (non-hydrogen) atoms. The summed E-state index contributed by atoms with van der Waals surface area (Å²) in [6.07, 6.45) is -0.114. The number of carbonyl (C=O) groups excluding carboxylic acids is 1. The van der Waals surface area contributed by atoms with Gasteiger partial charge in [0.1, 0.15) is 4.34 Å². The van der Waals surface area contributed by atoms with Gasteiger partial charge in [0.05, 0.1) is 11.7 Å². The van der Waals surface area contributed by atoms with Gasteiger partial charge in [0.2, 0.25) is 0 Å². The lowest BCUT2D eigenvalue weighted by atomic mass is 10.2. The molecular weight excluding hydrogens is 374 g/mol. The zero-order chi connectivity index (χ0) is 15.4. The molecule has 0 aliphatic heterocycles. The smallest absolute Gasteiger partial charge is 0.338 e. The molecule has 1 heterocycles. The Morgan fingerprint density at radius 2 is 2.05 bits per heavy atom. The largest absolute Gasteiger partial charge is 0.459 e. The number of anilines is 1. The van der Waals surface area contributed by atoms with Crippen LogP contribution in [-0.2, 0) is 11.3 Å². The second-order valence-corrected chi connectivity index (χ2v) is 7.31. The monoisotopic (exact) mass is 387 g/mol. The van der Waals surface area contributed by atoms with Crippen LogP contribution in [0.1, 0.15) is 29.1 Å². The van der Waals surface area contributed by atoms with Crippen molar-refractivity contribution in [2.24, 2.45) is 0 Å². The highest BCUT2D eigenvalue weighted by atomic mass is 79.9. The zero-order valence-electron chi connectivity index (χ0n) is 11.7. The van der Waals surface area contributed by atoms with Crippen LogP contribution in [-0.4, -0.2) is 12.1 Å². The van der Waals surface area contributed by atoms with Crippen LogP contribution in [0.4, 0.5) is 5.69 Å². The summed E-state index contributed by atoms with van der Waals surface area (Å²) in [5.41, 5.74) is 1.49. The van der Waals surface area contributed by atoms with E-state index in [4.69, 9.17) is 16.3 Å². The number of rotatable bonds is 5. The lowest BCUT2D eigenvalue weighted by molar-refractivity contribution is 0.0378. The average molecular weight is 389 g/mol. The molecule has 112 valence electrons. The molecule has 0 aliphatic carbocycles. The van der Waals surface area contributed by atoms with Crippen LogP contribution >= 0.6 is 38.9 Å². The third kappa shape index (κ3) is 4.73. The minimum absolute atomic E-state index is 0.114. The first-order valence-electron chi connectivity index (χ1n) is 6.44. The molecule has 1 aromatic carbocycles. The number of hydrogen-bond acceptors (Lipinski definition) is 4. The second kappa shape index (κ2) is 7.29. The van der Waals surface area contributed by atoms with E-state index in [1.807, 2.05) is 32.0 Å². The van der Waals surface area contributed by atoms with E-state index in [1.165, 1.54) is 11.3 Å². The van der Waals surface area contributed by atoms with Crippen molar-refractivity contribution < 1.29 is 9.53 Å². The fourth-order valence-electron chi connectivity index (χ4n) is 1.67. The van der Waals surface area contributed by atoms with Gasteiger partial charge in [-0.1, -0.05) is 11.6 Å². The summed E-state index contributed by atoms with van der Waals surface area (Å²) in [4.78, 5) is 12.9. The van der Waals surface area contributed by atoms with Crippen molar-refractivity contribution in [3.63, 3.8) is 0 Å². The van der Waals surface area contributed by atoms with Crippen LogP contribution in [0.2, 0.25) is 4.34 Å². The van der Waals surface area contributed by atoms with E-state index in [9.17, 15) is 4.79 Å². The van der Waals surface area contributed by atoms with Gasteiger partial charge in [-0.05, 0) is 60.1 Å². The van der Waals surface area contributed by atoms with Crippen LogP contribution in [0.15, 0.2) is 34.8 Å². The maximum atomic E-state index is 11.7. The molecule has 0 radical (unpaired) electrons. The standard InChI is InChI=1S/C15H15BrClNO2S/c1-9(2)20-15(19)10-3-5-11(6-4-10)18-8-12-7-13(16)14(17)21-12/h3-7,9,18H,8H2,1-2H3. The molecule has 1 N–H and O–H groups in total. The summed E-state index contributed by atoms with van der Waals surface area (Å²) in [6, 6.07) is 9.23. The summed E-state index contributed by atoms with van der Waals surface area (Å²) < 4.78 is 6.81. The van der Waals surface area contributed by atoms with E-state index < -0.39 is 0 Å². The number of thiophene rings is 1. The first kappa shape index (κ1) is 16.3. The first-order chi connectivity index (χ1) is 9.95. The van der Waals surface area contributed by atoms with E-state index in [0.29, 0.717) is 12.1 Å². The van der Waals surface area contributed by atoms with Gasteiger partial charge in [-0.25, -0.2) is 4.79 Å². The molecule has 1 aromatic heterocycles. The molecule has 0 saturated carbocycles. The molecule has 0 amide bonds. The third-order valence-electron chi connectivity index (χ3n) is 2.63. The van der Waals surface area contributed by atoms with Gasteiger partial charge >= 0.3 is 5.97 Å². The van der Waals surface area contributed by atoms with Crippen molar-refractivity contribution in [1.29, 1.82) is 0 Å². The van der Waals surface area contributed by atoms with E-state index in [2.05, 4.69) is 21.2 Å². The molecule has 2 rings (SSSR count). The summed E-state index contributed by atoms with van der Waals surface area (Å²) in [5.74, 6) is -0.300. The maximum absolute atomic E-state index is 11.7. The molecule has 0 spiro atoms. The summed E-state index contributed by atoms with van der Waals surface area (Å²) >= 11 is 10.9. The number of halogens is 2. The highest BCUT2D eigenvalue weighted by Gasteiger charge is 2.09. The Hall–Kier alpha value is -1.04. The van der Waals surface area contributed by atoms with Crippen molar-refractivity contribution in [1.82, 2.24) is 0 Å². The Kier molecular flexibility index (Phi) is 5.67. The number of carbonyl (C=O) groups is 1. The molecule has 2 aromatic rings. The number of ether oxygens (including phenoxy) is 1. The molecule has 6 heteroatoms. The molecule has 0 unspecified atom stereocenters. The van der Waals surface area contributed by atoms with Crippen molar-refractivity contribution in [3.05, 3.63) is 49.6 Å². The van der Waals surface area contributed by atoms with Crippen LogP contribution in [0.25, 0.3) is 0 Å². The quantitative estimate of drug-likeness (QED) is 0.702. The van der Waals surface area contributed by atoms with E-state index in [1.54, 1.807) is 12.1 Å². The highest BCUT2D eigenvalue weighted by Crippen LogP contribution is 2.32. The molecule has 0 fully saturated rings. The lowest BCUT2D eigenvalue weighted by Crippen LogP contribution is -2.11. The Balaban J connectivity index is 1.94. The molecular formula is C15H15BrClNO2S. The van der Waals surface area contributed by atoms with Gasteiger partial charge in [0.15, 0.2) is 0 Å². The van der Waals surface area contributed by atoms with Gasteiger partial charge in [-0.15, -0.1) is 11.3 Å². The Bertz CT molecular complexity index is 606. The molecule has 3 nitrogen and oxygen atoms in total. The zero-order valence-corrected chi connectivity index (χ0v) is 14.8. The lowest BCUT2D eigenvalue weighted by Gasteiger charge is -2.09. The number of hydrogen-bond donors (Lipinski definition) is 1. The molecule has 0 saturated heterocycles. The van der Waals surface area contributed by atoms with E-state index in [-0.39, 0.29) is 12.1 Å². The Morgan fingerprint density at radius 1 is 1.38 bits per heavy atom. The van der Waals surface area contributed by atoms with Gasteiger partial charge in [-0.3, -0.25) is 0 Å². The predicted octanol–water partition coefficient (Wildman–Crippen LogP) is 5.34. The van der Waals surface area contributed by atoms with Crippen LogP contribution in [0, 0.1) is 0 Å². The van der Waals surface area contributed by atoms with Crippen LogP contribution in [0.3, 0.4) is 0 Å². The van der Waals surface area contributed by atoms with Gasteiger partial charge in [-0.2, -0.15) is 0 Å². The number of benzene rings is 1. The second-order valence-electron chi connectivity index (χ2n) is 4.72. The normalized spacial score (nSPS) is 10.7. The highest BCUT2D eigenvalue weighted by molar-refractivity contribution is 9.10. The predicted molar refractivity (Wildman–Crippen MR) is 91.3 cm³/mol. The Morgan fingerprint density at radius 3 is 2.57 bits per heavy atom. The minimum Gasteiger partial charge on any atom is -0.459 e. The molecule has 0 aliphatic rings. The minimum atomic E-state index is -0.300. The average Bonchev–Trinajstić information content (AvgIpc) is 2.75. The Labute approximate surface area is 141 Å². The topological polar surface area (TPSA) is 38.3 Å². The number of esters is 1. The van der Waals surface area contributed by atoms with Crippen molar-refractivity contribution in [2.75, 3.05) is 5.32 Å². The summed E-state index contributed by atoms with van der Waals surface area (Å²) in [5, 5.41) is 3.29. The van der Waals surface area contributed by atoms with Gasteiger partial charge < -0.3 is 10.1 Å². The van der Waals surface area contributed by atoms with Crippen molar-refractivity contribution in [3.8, 4) is 0 Å². The van der Waals surface area contributed by atoms with Crippen LogP contribution in [0.5, 0.6) is 0 Å². The third-order valence-corrected chi connectivity index (χ3v) is 5.10. The van der Waals surface area contributed by atoms with Crippen LogP contribution < -0.4 is 5.32 Å². The SMILES string of the molecule is CC(C)OC(=O)c1ccc(NCc2cc(Br)c(Cl)s2)cc1. The van der Waals surface area contributed by atoms with Gasteiger partial charge in [0, 0.05) is 21.6 Å². The van der Waals surface area contributed by atoms with E-state index >= 15 is 0 Å². The van der Waals surface area contributed by atoms with Crippen molar-refractivity contribution >= 4 is 50.5 Å². The molecule has 0 atom stereocenters. The molecule has 0 bridgehead atoms. The van der Waals surface area contributed by atoms with E-state index in [0.717, 1.165) is 19.4 Å². The fraction of sp³-hybridized carbons (Fsp3) is 0.267. The maximum Gasteiger partial charge on any atom is 0.338 e. The summed E-state index contributed by atoms with van der Waals surface area (Å²) in [6.45, 7) is 4.35.